The van der Waals surface area contributed by atoms with Crippen LogP contribution in [0.2, 0.25) is 0 Å². The Morgan fingerprint density at radius 1 is 1.25 bits per heavy atom. The van der Waals surface area contributed by atoms with E-state index in [1.165, 1.54) is 22.1 Å². The SMILES string of the molecule is C[C@H]1C[C@H](C)CN(CCCNC(=O)[C@@H]2CCCN(S(=O)(=O)c3cccs3)C2)C1. The van der Waals surface area contributed by atoms with Gasteiger partial charge in [0.1, 0.15) is 4.21 Å². The summed E-state index contributed by atoms with van der Waals surface area (Å²) >= 11 is 1.23. The van der Waals surface area contributed by atoms with Gasteiger partial charge < -0.3 is 10.2 Å². The van der Waals surface area contributed by atoms with Gasteiger partial charge in [0.25, 0.3) is 10.0 Å². The monoisotopic (exact) mass is 427 g/mol. The summed E-state index contributed by atoms with van der Waals surface area (Å²) < 4.78 is 27.2. The van der Waals surface area contributed by atoms with E-state index in [1.807, 2.05) is 0 Å². The number of amides is 1. The normalized spacial score (nSPS) is 27.6. The first-order valence-electron chi connectivity index (χ1n) is 10.4. The number of piperidine rings is 2. The van der Waals surface area contributed by atoms with Gasteiger partial charge in [-0.25, -0.2) is 8.42 Å². The third-order valence-corrected chi connectivity index (χ3v) is 8.98. The van der Waals surface area contributed by atoms with Crippen molar-refractivity contribution in [2.45, 2.75) is 43.7 Å². The van der Waals surface area contributed by atoms with Crippen LogP contribution in [-0.2, 0) is 14.8 Å². The van der Waals surface area contributed by atoms with Crippen LogP contribution in [0.4, 0.5) is 0 Å². The van der Waals surface area contributed by atoms with Gasteiger partial charge in [-0.3, -0.25) is 4.79 Å². The minimum Gasteiger partial charge on any atom is -0.356 e. The molecule has 0 radical (unpaired) electrons. The predicted molar refractivity (Wildman–Crippen MR) is 113 cm³/mol. The van der Waals surface area contributed by atoms with Crippen molar-refractivity contribution in [2.24, 2.45) is 17.8 Å². The Labute approximate surface area is 173 Å². The van der Waals surface area contributed by atoms with Gasteiger partial charge in [-0.1, -0.05) is 19.9 Å². The van der Waals surface area contributed by atoms with E-state index in [0.717, 1.165) is 50.7 Å². The molecular weight excluding hydrogens is 394 g/mol. The van der Waals surface area contributed by atoms with E-state index >= 15 is 0 Å². The van der Waals surface area contributed by atoms with Crippen molar-refractivity contribution in [2.75, 3.05) is 39.3 Å². The van der Waals surface area contributed by atoms with Crippen LogP contribution in [0.1, 0.15) is 39.5 Å². The number of likely N-dealkylation sites (tertiary alicyclic amines) is 1. The molecule has 3 heterocycles. The molecule has 0 saturated carbocycles. The van der Waals surface area contributed by atoms with Gasteiger partial charge in [0.2, 0.25) is 5.91 Å². The smallest absolute Gasteiger partial charge is 0.252 e. The topological polar surface area (TPSA) is 69.7 Å². The van der Waals surface area contributed by atoms with Gasteiger partial charge in [0.15, 0.2) is 0 Å². The van der Waals surface area contributed by atoms with Crippen molar-refractivity contribution in [1.29, 1.82) is 0 Å². The standard InChI is InChI=1S/C20H33N3O3S2/c1-16-12-17(2)14-22(13-16)9-5-8-21-20(24)18-6-3-10-23(15-18)28(25,26)19-7-4-11-27-19/h4,7,11,16-18H,3,5-6,8-10,12-15H2,1-2H3,(H,21,24)/t16-,17-,18+/m0/s1. The van der Waals surface area contributed by atoms with Gasteiger partial charge in [-0.05, 0) is 55.5 Å². The molecule has 2 saturated heterocycles. The summed E-state index contributed by atoms with van der Waals surface area (Å²) in [5, 5.41) is 4.81. The largest absolute Gasteiger partial charge is 0.356 e. The van der Waals surface area contributed by atoms with E-state index in [1.54, 1.807) is 17.5 Å². The quantitative estimate of drug-likeness (QED) is 0.679. The third kappa shape index (κ3) is 5.55. The second-order valence-electron chi connectivity index (χ2n) is 8.48. The van der Waals surface area contributed by atoms with Crippen molar-refractivity contribution in [3.05, 3.63) is 17.5 Å². The Morgan fingerprint density at radius 3 is 2.68 bits per heavy atom. The van der Waals surface area contributed by atoms with Gasteiger partial charge in [0, 0.05) is 32.7 Å². The number of nitrogens with zero attached hydrogens (tertiary/aromatic N) is 2. The van der Waals surface area contributed by atoms with Crippen molar-refractivity contribution >= 4 is 27.3 Å². The zero-order chi connectivity index (χ0) is 20.1. The number of thiophene rings is 1. The summed E-state index contributed by atoms with van der Waals surface area (Å²) in [4.78, 5) is 15.1. The average Bonchev–Trinajstić information content (AvgIpc) is 3.20. The molecule has 158 valence electrons. The molecule has 1 aromatic heterocycles. The molecule has 0 aromatic carbocycles. The predicted octanol–water partition coefficient (Wildman–Crippen LogP) is 2.63. The lowest BCUT2D eigenvalue weighted by Crippen LogP contribution is -2.45. The molecule has 28 heavy (non-hydrogen) atoms. The van der Waals surface area contributed by atoms with E-state index in [0.29, 0.717) is 17.3 Å². The Morgan fingerprint density at radius 2 is 2.00 bits per heavy atom. The molecule has 1 amide bonds. The van der Waals surface area contributed by atoms with Crippen LogP contribution in [-0.4, -0.2) is 62.8 Å². The van der Waals surface area contributed by atoms with Crippen LogP contribution in [0.5, 0.6) is 0 Å². The summed E-state index contributed by atoms with van der Waals surface area (Å²) in [6.45, 7) is 9.37. The van der Waals surface area contributed by atoms with E-state index in [9.17, 15) is 13.2 Å². The minimum atomic E-state index is -3.47. The number of nitrogens with one attached hydrogen (secondary N) is 1. The molecule has 3 rings (SSSR count). The lowest BCUT2D eigenvalue weighted by molar-refractivity contribution is -0.126. The maximum atomic E-state index is 12.7. The Bertz CT molecular complexity index is 726. The first kappa shape index (κ1) is 21.7. The number of hydrogen-bond acceptors (Lipinski definition) is 5. The minimum absolute atomic E-state index is 0.00791. The second-order valence-corrected chi connectivity index (χ2v) is 11.6. The molecule has 3 atom stereocenters. The van der Waals surface area contributed by atoms with Crippen molar-refractivity contribution in [3.63, 3.8) is 0 Å². The maximum Gasteiger partial charge on any atom is 0.252 e. The summed E-state index contributed by atoms with van der Waals surface area (Å²) in [7, 11) is -3.47. The molecule has 8 heteroatoms. The van der Waals surface area contributed by atoms with Crippen LogP contribution < -0.4 is 5.32 Å². The highest BCUT2D eigenvalue weighted by Crippen LogP contribution is 2.26. The molecule has 2 fully saturated rings. The maximum absolute atomic E-state index is 12.7. The van der Waals surface area contributed by atoms with E-state index in [2.05, 4.69) is 24.1 Å². The number of carbonyl (C=O) groups is 1. The fraction of sp³-hybridized carbons (Fsp3) is 0.750. The summed E-state index contributed by atoms with van der Waals surface area (Å²) in [5.74, 6) is 1.23. The molecule has 0 unspecified atom stereocenters. The molecule has 1 N–H and O–H groups in total. The zero-order valence-corrected chi connectivity index (χ0v) is 18.6. The fourth-order valence-electron chi connectivity index (χ4n) is 4.55. The van der Waals surface area contributed by atoms with Crippen molar-refractivity contribution < 1.29 is 13.2 Å². The Balaban J connectivity index is 1.43. The first-order chi connectivity index (χ1) is 13.4. The number of hydrogen-bond donors (Lipinski definition) is 1. The van der Waals surface area contributed by atoms with E-state index in [4.69, 9.17) is 0 Å². The Hall–Kier alpha value is -0.960. The molecular formula is C20H33N3O3S2. The number of carbonyl (C=O) groups excluding carboxylic acids is 1. The number of sulfonamides is 1. The Kier molecular flexibility index (Phi) is 7.53. The van der Waals surface area contributed by atoms with Gasteiger partial charge in [-0.2, -0.15) is 4.31 Å². The highest BCUT2D eigenvalue weighted by Gasteiger charge is 2.33. The molecule has 2 aliphatic rings. The summed E-state index contributed by atoms with van der Waals surface area (Å²) in [6.07, 6.45) is 3.73. The van der Waals surface area contributed by atoms with E-state index in [-0.39, 0.29) is 18.4 Å². The molecule has 0 bridgehead atoms. The van der Waals surface area contributed by atoms with Gasteiger partial charge in [0.05, 0.1) is 5.92 Å². The van der Waals surface area contributed by atoms with Crippen molar-refractivity contribution in [1.82, 2.24) is 14.5 Å². The molecule has 6 nitrogen and oxygen atoms in total. The third-order valence-electron chi connectivity index (χ3n) is 5.74. The molecule has 1 aromatic rings. The lowest BCUT2D eigenvalue weighted by Gasteiger charge is -2.35. The molecule has 0 aliphatic carbocycles. The lowest BCUT2D eigenvalue weighted by atomic mass is 9.92. The second kappa shape index (κ2) is 9.69. The van der Waals surface area contributed by atoms with Crippen LogP contribution in [0.25, 0.3) is 0 Å². The van der Waals surface area contributed by atoms with Crippen molar-refractivity contribution in [3.8, 4) is 0 Å². The fourth-order valence-corrected chi connectivity index (χ4v) is 7.21. The van der Waals surface area contributed by atoms with Gasteiger partial charge >= 0.3 is 0 Å². The van der Waals surface area contributed by atoms with Crippen LogP contribution in [0.15, 0.2) is 21.7 Å². The van der Waals surface area contributed by atoms with Gasteiger partial charge in [-0.15, -0.1) is 11.3 Å². The van der Waals surface area contributed by atoms with Crippen LogP contribution in [0.3, 0.4) is 0 Å². The molecule has 0 spiro atoms. The highest BCUT2D eigenvalue weighted by atomic mass is 32.2. The zero-order valence-electron chi connectivity index (χ0n) is 17.0. The van der Waals surface area contributed by atoms with Crippen LogP contribution in [0, 0.1) is 17.8 Å². The highest BCUT2D eigenvalue weighted by molar-refractivity contribution is 7.91. The van der Waals surface area contributed by atoms with Crippen LogP contribution >= 0.6 is 11.3 Å². The number of rotatable bonds is 7. The van der Waals surface area contributed by atoms with E-state index < -0.39 is 10.0 Å². The summed E-state index contributed by atoms with van der Waals surface area (Å²) in [5.41, 5.74) is 0. The average molecular weight is 428 g/mol. The first-order valence-corrected chi connectivity index (χ1v) is 12.7. The molecule has 2 aliphatic heterocycles. The summed E-state index contributed by atoms with van der Waals surface area (Å²) in [6, 6.07) is 3.38.